The van der Waals surface area contributed by atoms with E-state index in [1.165, 1.54) is 29.6 Å². The molecule has 3 aromatic rings. The number of hydrogen-bond acceptors (Lipinski definition) is 5. The number of rotatable bonds is 4. The highest BCUT2D eigenvalue weighted by Crippen LogP contribution is 2.39. The van der Waals surface area contributed by atoms with Crippen molar-refractivity contribution in [3.63, 3.8) is 0 Å². The Morgan fingerprint density at radius 1 is 1.16 bits per heavy atom. The highest BCUT2D eigenvalue weighted by Gasteiger charge is 2.31. The lowest BCUT2D eigenvalue weighted by atomic mass is 9.94. The number of amides is 1. The highest BCUT2D eigenvalue weighted by molar-refractivity contribution is 5.82. The van der Waals surface area contributed by atoms with Gasteiger partial charge in [0.1, 0.15) is 24.0 Å². The van der Waals surface area contributed by atoms with Crippen LogP contribution in [0.15, 0.2) is 55.1 Å². The third-order valence-electron chi connectivity index (χ3n) is 6.02. The fraction of sp³-hybridized carbons (Fsp3) is 0.292. The quantitative estimate of drug-likeness (QED) is 0.706. The van der Waals surface area contributed by atoms with Crippen LogP contribution in [0.2, 0.25) is 0 Å². The summed E-state index contributed by atoms with van der Waals surface area (Å²) in [6.45, 7) is 1.12. The van der Waals surface area contributed by atoms with Crippen LogP contribution in [0.3, 0.4) is 0 Å². The summed E-state index contributed by atoms with van der Waals surface area (Å²) in [5.74, 6) is 0.298. The molecule has 2 aliphatic rings. The molecule has 2 unspecified atom stereocenters. The third-order valence-corrected chi connectivity index (χ3v) is 6.02. The van der Waals surface area contributed by atoms with Gasteiger partial charge in [-0.3, -0.25) is 9.69 Å². The third kappa shape index (κ3) is 3.88. The van der Waals surface area contributed by atoms with Crippen LogP contribution in [0.5, 0.6) is 5.75 Å². The van der Waals surface area contributed by atoms with Gasteiger partial charge in [0, 0.05) is 42.0 Å². The minimum Gasteiger partial charge on any atom is -0.487 e. The fourth-order valence-electron chi connectivity index (χ4n) is 4.44. The molecule has 0 spiro atoms. The lowest BCUT2D eigenvalue weighted by Crippen LogP contribution is -2.50. The lowest BCUT2D eigenvalue weighted by molar-refractivity contribution is -0.126. The van der Waals surface area contributed by atoms with Crippen molar-refractivity contribution in [3.8, 4) is 16.9 Å². The van der Waals surface area contributed by atoms with Gasteiger partial charge in [0.2, 0.25) is 5.91 Å². The first-order valence-electron chi connectivity index (χ1n) is 10.4. The summed E-state index contributed by atoms with van der Waals surface area (Å²) in [5.41, 5.74) is 4.61. The number of fused-ring (bicyclic) bond motifs is 2. The van der Waals surface area contributed by atoms with Crippen molar-refractivity contribution in [2.24, 2.45) is 0 Å². The van der Waals surface area contributed by atoms with Gasteiger partial charge in [0.25, 0.3) is 0 Å². The molecular weight excluding hydrogens is 395 g/mol. The van der Waals surface area contributed by atoms with Crippen molar-refractivity contribution in [1.29, 1.82) is 0 Å². The second kappa shape index (κ2) is 8.07. The molecule has 5 rings (SSSR count). The summed E-state index contributed by atoms with van der Waals surface area (Å²) in [4.78, 5) is 23.0. The van der Waals surface area contributed by atoms with Crippen LogP contribution >= 0.6 is 0 Å². The first-order chi connectivity index (χ1) is 15.1. The molecule has 0 aliphatic carbocycles. The zero-order valence-electron chi connectivity index (χ0n) is 17.2. The number of nitrogens with one attached hydrogen (secondary N) is 1. The van der Waals surface area contributed by atoms with Crippen LogP contribution in [0.1, 0.15) is 16.7 Å². The van der Waals surface area contributed by atoms with Gasteiger partial charge >= 0.3 is 0 Å². The Bertz CT molecular complexity index is 1120. The Kier molecular flexibility index (Phi) is 5.11. The Morgan fingerprint density at radius 3 is 2.74 bits per heavy atom. The summed E-state index contributed by atoms with van der Waals surface area (Å²) >= 11 is 0. The number of aromatic nitrogens is 2. The second-order valence-electron chi connectivity index (χ2n) is 8.16. The number of carbonyl (C=O) groups is 1. The number of nitrogens with zero attached hydrogens (tertiary/aromatic N) is 3. The first-order valence-corrected chi connectivity index (χ1v) is 10.4. The van der Waals surface area contributed by atoms with Gasteiger partial charge in [-0.15, -0.1) is 0 Å². The standard InChI is InChI=1S/C24H23FN4O2/c1-29-13-16-5-3-2-4-15(16)8-22(29)24(30)28-12-20-7-17-6-19(25)9-21(23(17)31-20)18-10-26-14-27-11-18/h2-6,9-11,14,20,22H,7-8,12-13H2,1H3,(H,28,30). The smallest absolute Gasteiger partial charge is 0.237 e. The van der Waals surface area contributed by atoms with E-state index in [1.807, 2.05) is 19.2 Å². The van der Waals surface area contributed by atoms with E-state index in [-0.39, 0.29) is 23.9 Å². The lowest BCUT2D eigenvalue weighted by Gasteiger charge is -2.33. The monoisotopic (exact) mass is 418 g/mol. The van der Waals surface area contributed by atoms with Crippen LogP contribution in [0.4, 0.5) is 4.39 Å². The molecule has 2 aromatic carbocycles. The van der Waals surface area contributed by atoms with Gasteiger partial charge in [0.05, 0.1) is 12.6 Å². The molecule has 2 atom stereocenters. The second-order valence-corrected chi connectivity index (χ2v) is 8.16. The maximum Gasteiger partial charge on any atom is 0.237 e. The predicted molar refractivity (Wildman–Crippen MR) is 114 cm³/mol. The normalized spacial score (nSPS) is 19.9. The molecule has 0 bridgehead atoms. The summed E-state index contributed by atoms with van der Waals surface area (Å²) in [7, 11) is 1.97. The molecule has 0 fully saturated rings. The van der Waals surface area contributed by atoms with Gasteiger partial charge in [-0.05, 0) is 36.7 Å². The van der Waals surface area contributed by atoms with Crippen molar-refractivity contribution in [2.75, 3.05) is 13.6 Å². The number of benzene rings is 2. The number of hydrogen-bond donors (Lipinski definition) is 1. The SMILES string of the molecule is CN1Cc2ccccc2CC1C(=O)NCC1Cc2cc(F)cc(-c3cncnc3)c2O1. The Hall–Kier alpha value is -3.32. The van der Waals surface area contributed by atoms with Gasteiger partial charge in [0.15, 0.2) is 0 Å². The van der Waals surface area contributed by atoms with E-state index in [0.29, 0.717) is 36.3 Å². The Labute approximate surface area is 180 Å². The van der Waals surface area contributed by atoms with Crippen LogP contribution in [-0.2, 0) is 24.2 Å². The number of halogens is 1. The van der Waals surface area contributed by atoms with E-state index >= 15 is 0 Å². The molecule has 158 valence electrons. The maximum absolute atomic E-state index is 14.2. The molecule has 6 nitrogen and oxygen atoms in total. The molecule has 0 radical (unpaired) electrons. The molecule has 0 saturated carbocycles. The molecule has 1 N–H and O–H groups in total. The Morgan fingerprint density at radius 2 is 1.94 bits per heavy atom. The Balaban J connectivity index is 1.26. The van der Waals surface area contributed by atoms with Crippen molar-refractivity contribution < 1.29 is 13.9 Å². The van der Waals surface area contributed by atoms with Gasteiger partial charge in [-0.25, -0.2) is 14.4 Å². The maximum atomic E-state index is 14.2. The molecule has 1 amide bonds. The van der Waals surface area contributed by atoms with Crippen molar-refractivity contribution in [1.82, 2.24) is 20.2 Å². The van der Waals surface area contributed by atoms with E-state index < -0.39 is 0 Å². The minimum atomic E-state index is -0.326. The molecule has 31 heavy (non-hydrogen) atoms. The molecule has 7 heteroatoms. The van der Waals surface area contributed by atoms with Crippen LogP contribution in [0, 0.1) is 5.82 Å². The highest BCUT2D eigenvalue weighted by atomic mass is 19.1. The van der Waals surface area contributed by atoms with E-state index in [0.717, 1.165) is 12.1 Å². The van der Waals surface area contributed by atoms with Gasteiger partial charge in [-0.2, -0.15) is 0 Å². The molecule has 3 heterocycles. The number of carbonyl (C=O) groups excluding carboxylic acids is 1. The average molecular weight is 418 g/mol. The zero-order chi connectivity index (χ0) is 21.4. The number of ether oxygens (including phenoxy) is 1. The minimum absolute atomic E-state index is 0.0144. The summed E-state index contributed by atoms with van der Waals surface area (Å²) in [6.07, 6.45) is 5.69. The predicted octanol–water partition coefficient (Wildman–Crippen LogP) is 2.76. The summed E-state index contributed by atoms with van der Waals surface area (Å²) in [6, 6.07) is 11.0. The van der Waals surface area contributed by atoms with Crippen LogP contribution < -0.4 is 10.1 Å². The fourth-order valence-corrected chi connectivity index (χ4v) is 4.44. The van der Waals surface area contributed by atoms with Crippen molar-refractivity contribution >= 4 is 5.91 Å². The van der Waals surface area contributed by atoms with Gasteiger partial charge < -0.3 is 10.1 Å². The number of likely N-dealkylation sites (N-methyl/N-ethyl adjacent to an activating group) is 1. The van der Waals surface area contributed by atoms with E-state index in [4.69, 9.17) is 4.74 Å². The first kappa shape index (κ1) is 19.6. The summed E-state index contributed by atoms with van der Waals surface area (Å²) in [5, 5.41) is 3.04. The summed E-state index contributed by atoms with van der Waals surface area (Å²) < 4.78 is 20.3. The van der Waals surface area contributed by atoms with Crippen LogP contribution in [-0.4, -0.2) is 46.5 Å². The van der Waals surface area contributed by atoms with Gasteiger partial charge in [-0.1, -0.05) is 24.3 Å². The molecular formula is C24H23FN4O2. The van der Waals surface area contributed by atoms with Crippen molar-refractivity contribution in [3.05, 3.63) is 77.6 Å². The van der Waals surface area contributed by atoms with E-state index in [9.17, 15) is 9.18 Å². The molecule has 1 aromatic heterocycles. The van der Waals surface area contributed by atoms with Crippen molar-refractivity contribution in [2.45, 2.75) is 31.5 Å². The van der Waals surface area contributed by atoms with Crippen LogP contribution in [0.25, 0.3) is 11.1 Å². The molecule has 2 aliphatic heterocycles. The van der Waals surface area contributed by atoms with E-state index in [1.54, 1.807) is 12.4 Å². The largest absolute Gasteiger partial charge is 0.487 e. The average Bonchev–Trinajstić information content (AvgIpc) is 3.19. The van der Waals surface area contributed by atoms with E-state index in [2.05, 4.69) is 32.3 Å². The zero-order valence-corrected chi connectivity index (χ0v) is 17.2. The molecule has 0 saturated heterocycles. The topological polar surface area (TPSA) is 67.4 Å².